The Morgan fingerprint density at radius 2 is 1.72 bits per heavy atom. The number of carbonyl (C=O) groups is 3. The van der Waals surface area contributed by atoms with Gasteiger partial charge in [0.2, 0.25) is 0 Å². The zero-order chi connectivity index (χ0) is 22.6. The number of ether oxygens (including phenoxy) is 1. The molecule has 1 aromatic carbocycles. The highest BCUT2D eigenvalue weighted by Gasteiger charge is 2.35. The zero-order valence-corrected chi connectivity index (χ0v) is 21.3. The molecule has 0 saturated carbocycles. The van der Waals surface area contributed by atoms with Gasteiger partial charge in [0.05, 0.1) is 17.2 Å². The Hall–Kier alpha value is -2.37. The number of nitrogens with zero attached hydrogens (tertiary/aromatic N) is 3. The molecule has 9 nitrogen and oxygen atoms in total. The van der Waals surface area contributed by atoms with Crippen molar-refractivity contribution in [2.24, 2.45) is 4.99 Å². The van der Waals surface area contributed by atoms with E-state index in [0.29, 0.717) is 49.7 Å². The van der Waals surface area contributed by atoms with Gasteiger partial charge in [-0.15, -0.1) is 24.0 Å². The summed E-state index contributed by atoms with van der Waals surface area (Å²) in [5, 5.41) is 6.51. The second kappa shape index (κ2) is 11.0. The summed E-state index contributed by atoms with van der Waals surface area (Å²) in [5.74, 6) is 0.227. The molecule has 0 aromatic heterocycles. The van der Waals surface area contributed by atoms with Gasteiger partial charge in [-0.3, -0.25) is 19.5 Å². The molecular formula is C22H32IN5O4. The maximum atomic E-state index is 12.4. The lowest BCUT2D eigenvalue weighted by molar-refractivity contribution is 0.00699. The highest BCUT2D eigenvalue weighted by molar-refractivity contribution is 14.0. The summed E-state index contributed by atoms with van der Waals surface area (Å²) in [5.41, 5.74) is 0.465. The van der Waals surface area contributed by atoms with E-state index in [-0.39, 0.29) is 47.9 Å². The first-order chi connectivity index (χ1) is 14.7. The number of aliphatic imine (C=N–C) groups is 1. The van der Waals surface area contributed by atoms with Crippen LogP contribution in [0.3, 0.4) is 0 Å². The Bertz CT molecular complexity index is 842. The van der Waals surface area contributed by atoms with Gasteiger partial charge in [-0.2, -0.15) is 0 Å². The Balaban J connectivity index is 0.00000363. The number of amides is 3. The van der Waals surface area contributed by atoms with Crippen molar-refractivity contribution in [3.8, 4) is 0 Å². The second-order valence-electron chi connectivity index (χ2n) is 8.74. The third kappa shape index (κ3) is 6.33. The SMILES string of the molecule is CN=C(NCCCCN1C(=O)c2ccccc2C1=O)NC1CN(C(=O)OC(C)(C)C)C1.I. The van der Waals surface area contributed by atoms with Crippen molar-refractivity contribution in [1.29, 1.82) is 0 Å². The number of rotatable bonds is 6. The monoisotopic (exact) mass is 557 g/mol. The molecule has 0 bridgehead atoms. The second-order valence-corrected chi connectivity index (χ2v) is 8.74. The first-order valence-corrected chi connectivity index (χ1v) is 10.6. The fraction of sp³-hybridized carbons (Fsp3) is 0.545. The number of hydrogen-bond acceptors (Lipinski definition) is 5. The molecule has 0 radical (unpaired) electrons. The van der Waals surface area contributed by atoms with Crippen molar-refractivity contribution in [2.45, 2.75) is 45.3 Å². The number of carbonyl (C=O) groups excluding carboxylic acids is 3. The summed E-state index contributed by atoms with van der Waals surface area (Å²) in [6.45, 7) is 7.73. The van der Waals surface area contributed by atoms with Crippen molar-refractivity contribution in [1.82, 2.24) is 20.4 Å². The molecule has 3 rings (SSSR count). The number of benzene rings is 1. The van der Waals surface area contributed by atoms with Gasteiger partial charge in [0.15, 0.2) is 5.96 Å². The lowest BCUT2D eigenvalue weighted by atomic mass is 10.1. The molecule has 1 fully saturated rings. The fourth-order valence-corrected chi connectivity index (χ4v) is 3.48. The van der Waals surface area contributed by atoms with Crippen LogP contribution >= 0.6 is 24.0 Å². The van der Waals surface area contributed by atoms with Gasteiger partial charge in [0.1, 0.15) is 5.60 Å². The number of guanidine groups is 1. The molecule has 176 valence electrons. The van der Waals surface area contributed by atoms with E-state index in [4.69, 9.17) is 4.74 Å². The fourth-order valence-electron chi connectivity index (χ4n) is 3.48. The third-order valence-corrected chi connectivity index (χ3v) is 5.08. The number of hydrogen-bond donors (Lipinski definition) is 2. The predicted molar refractivity (Wildman–Crippen MR) is 133 cm³/mol. The van der Waals surface area contributed by atoms with Gasteiger partial charge < -0.3 is 20.3 Å². The highest BCUT2D eigenvalue weighted by Crippen LogP contribution is 2.22. The Morgan fingerprint density at radius 3 is 2.25 bits per heavy atom. The summed E-state index contributed by atoms with van der Waals surface area (Å²) < 4.78 is 5.35. The molecule has 0 aliphatic carbocycles. The van der Waals surface area contributed by atoms with E-state index in [9.17, 15) is 14.4 Å². The van der Waals surface area contributed by atoms with Gasteiger partial charge in [-0.1, -0.05) is 12.1 Å². The Kier molecular flexibility index (Phi) is 8.88. The highest BCUT2D eigenvalue weighted by atomic mass is 127. The van der Waals surface area contributed by atoms with E-state index in [1.54, 1.807) is 36.2 Å². The van der Waals surface area contributed by atoms with Crippen LogP contribution in [0.15, 0.2) is 29.3 Å². The van der Waals surface area contributed by atoms with E-state index in [1.807, 2.05) is 20.8 Å². The van der Waals surface area contributed by atoms with E-state index < -0.39 is 5.60 Å². The van der Waals surface area contributed by atoms with Gasteiger partial charge >= 0.3 is 6.09 Å². The summed E-state index contributed by atoms with van der Waals surface area (Å²) in [6, 6.07) is 7.04. The molecule has 0 unspecified atom stereocenters. The summed E-state index contributed by atoms with van der Waals surface area (Å²) in [6.07, 6.45) is 1.18. The molecule has 0 spiro atoms. The van der Waals surface area contributed by atoms with Crippen LogP contribution < -0.4 is 10.6 Å². The van der Waals surface area contributed by atoms with Crippen LogP contribution in [0.2, 0.25) is 0 Å². The number of likely N-dealkylation sites (tertiary alicyclic amines) is 1. The van der Waals surface area contributed by atoms with Crippen LogP contribution in [-0.2, 0) is 4.74 Å². The van der Waals surface area contributed by atoms with Crippen LogP contribution in [0.4, 0.5) is 4.79 Å². The van der Waals surface area contributed by atoms with Gasteiger partial charge in [-0.25, -0.2) is 4.79 Å². The molecule has 0 atom stereocenters. The molecule has 2 heterocycles. The minimum Gasteiger partial charge on any atom is -0.444 e. The van der Waals surface area contributed by atoms with E-state index in [2.05, 4.69) is 15.6 Å². The minimum atomic E-state index is -0.500. The number of fused-ring (bicyclic) bond motifs is 1. The topological polar surface area (TPSA) is 103 Å². The summed E-state index contributed by atoms with van der Waals surface area (Å²) in [7, 11) is 1.69. The number of imide groups is 1. The largest absolute Gasteiger partial charge is 0.444 e. The number of nitrogens with one attached hydrogen (secondary N) is 2. The first-order valence-electron chi connectivity index (χ1n) is 10.6. The van der Waals surface area contributed by atoms with Gasteiger partial charge in [0, 0.05) is 33.2 Å². The normalized spacial score (nSPS) is 16.3. The Labute approximate surface area is 206 Å². The van der Waals surface area contributed by atoms with Crippen LogP contribution in [0.25, 0.3) is 0 Å². The van der Waals surface area contributed by atoms with E-state index >= 15 is 0 Å². The lowest BCUT2D eigenvalue weighted by Crippen LogP contribution is -2.63. The average molecular weight is 557 g/mol. The maximum absolute atomic E-state index is 12.4. The van der Waals surface area contributed by atoms with E-state index in [0.717, 1.165) is 6.42 Å². The Morgan fingerprint density at radius 1 is 1.12 bits per heavy atom. The van der Waals surface area contributed by atoms with Crippen LogP contribution in [0, 0.1) is 0 Å². The van der Waals surface area contributed by atoms with Crippen molar-refractivity contribution in [3.63, 3.8) is 0 Å². The smallest absolute Gasteiger partial charge is 0.410 e. The molecule has 2 aliphatic rings. The van der Waals surface area contributed by atoms with Gasteiger partial charge in [0.25, 0.3) is 11.8 Å². The maximum Gasteiger partial charge on any atom is 0.410 e. The molecule has 2 N–H and O–H groups in total. The summed E-state index contributed by atoms with van der Waals surface area (Å²) >= 11 is 0. The first kappa shape index (κ1) is 25.9. The van der Waals surface area contributed by atoms with Crippen LogP contribution in [0.1, 0.15) is 54.3 Å². The molecule has 10 heteroatoms. The molecule has 1 saturated heterocycles. The minimum absolute atomic E-state index is 0. The molecule has 3 amide bonds. The quantitative estimate of drug-likeness (QED) is 0.183. The molecule has 1 aromatic rings. The third-order valence-electron chi connectivity index (χ3n) is 5.08. The summed E-state index contributed by atoms with van der Waals surface area (Å²) in [4.78, 5) is 43.9. The van der Waals surface area contributed by atoms with Crippen LogP contribution in [-0.4, -0.2) is 78.5 Å². The number of unbranched alkanes of at least 4 members (excludes halogenated alkanes) is 1. The zero-order valence-electron chi connectivity index (χ0n) is 19.0. The van der Waals surface area contributed by atoms with Crippen molar-refractivity contribution < 1.29 is 19.1 Å². The van der Waals surface area contributed by atoms with Crippen molar-refractivity contribution in [2.75, 3.05) is 33.2 Å². The standard InChI is InChI=1S/C22H31N5O4.HI/c1-22(2,3)31-21(30)26-13-15(14-26)25-20(23-4)24-11-7-8-12-27-18(28)16-9-5-6-10-17(16)19(27)29;/h5-6,9-10,15H,7-8,11-14H2,1-4H3,(H2,23,24,25);1H. The van der Waals surface area contributed by atoms with Gasteiger partial charge in [-0.05, 0) is 45.7 Å². The molecule has 2 aliphatic heterocycles. The van der Waals surface area contributed by atoms with E-state index in [1.165, 1.54) is 4.90 Å². The number of halogens is 1. The molecular weight excluding hydrogens is 525 g/mol. The predicted octanol–water partition coefficient (Wildman–Crippen LogP) is 2.47. The average Bonchev–Trinajstić information content (AvgIpc) is 2.92. The molecule has 32 heavy (non-hydrogen) atoms. The van der Waals surface area contributed by atoms with Crippen LogP contribution in [0.5, 0.6) is 0 Å². The van der Waals surface area contributed by atoms with Crippen molar-refractivity contribution in [3.05, 3.63) is 35.4 Å². The lowest BCUT2D eigenvalue weighted by Gasteiger charge is -2.40. The van der Waals surface area contributed by atoms with Crippen molar-refractivity contribution >= 4 is 47.8 Å².